The number of hydrogen-bond donors (Lipinski definition) is 0. The van der Waals surface area contributed by atoms with Crippen LogP contribution in [-0.2, 0) is 10.8 Å². The summed E-state index contributed by atoms with van der Waals surface area (Å²) in [6, 6.07) is 60.5. The van der Waals surface area contributed by atoms with E-state index in [1.807, 2.05) is 0 Å². The summed E-state index contributed by atoms with van der Waals surface area (Å²) >= 11 is 0. The van der Waals surface area contributed by atoms with Gasteiger partial charge in [-0.3, -0.25) is 0 Å². The lowest BCUT2D eigenvalue weighted by molar-refractivity contribution is 0.436. The first-order chi connectivity index (χ1) is 29.5. The molecule has 0 heterocycles. The van der Waals surface area contributed by atoms with Gasteiger partial charge in [0.1, 0.15) is 0 Å². The van der Waals surface area contributed by atoms with E-state index < -0.39 is 0 Å². The van der Waals surface area contributed by atoms with Gasteiger partial charge in [-0.25, -0.2) is 0 Å². The SMILES string of the molecule is CCCC1(CCC)c2ccccc2-c2ccc(-c3ccc4cc(C=Cc5ccc6cc(-c7ccc8c(c7)C(CCC)(CCC)c7ccccc7-8)ccc6c5)ccc4c3)cc21. The molecule has 8 aromatic rings. The van der Waals surface area contributed by atoms with Crippen LogP contribution >= 0.6 is 0 Å². The summed E-state index contributed by atoms with van der Waals surface area (Å²) in [5.41, 5.74) is 19.6. The van der Waals surface area contributed by atoms with Gasteiger partial charge in [-0.05, 0) is 162 Å². The molecule has 0 fully saturated rings. The van der Waals surface area contributed by atoms with E-state index in [2.05, 4.69) is 198 Å². The number of rotatable bonds is 12. The van der Waals surface area contributed by atoms with Crippen LogP contribution < -0.4 is 0 Å². The molecule has 2 aliphatic carbocycles. The van der Waals surface area contributed by atoms with Crippen molar-refractivity contribution in [3.63, 3.8) is 0 Å². The molecule has 0 unspecified atom stereocenters. The van der Waals surface area contributed by atoms with Gasteiger partial charge in [0.05, 0.1) is 0 Å². The Balaban J connectivity index is 0.896. The molecule has 0 bridgehead atoms. The van der Waals surface area contributed by atoms with Crippen LogP contribution in [0.15, 0.2) is 158 Å². The summed E-state index contributed by atoms with van der Waals surface area (Å²) < 4.78 is 0. The molecule has 0 heteroatoms. The van der Waals surface area contributed by atoms with Gasteiger partial charge in [-0.1, -0.05) is 187 Å². The molecule has 0 N–H and O–H groups in total. The Kier molecular flexibility index (Phi) is 9.92. The van der Waals surface area contributed by atoms with Gasteiger partial charge in [-0.15, -0.1) is 0 Å². The maximum atomic E-state index is 2.51. The van der Waals surface area contributed by atoms with E-state index >= 15 is 0 Å². The van der Waals surface area contributed by atoms with Crippen molar-refractivity contribution in [2.24, 2.45) is 0 Å². The van der Waals surface area contributed by atoms with E-state index in [-0.39, 0.29) is 10.8 Å². The van der Waals surface area contributed by atoms with Crippen LogP contribution in [0.3, 0.4) is 0 Å². The molecule has 0 spiro atoms. The van der Waals surface area contributed by atoms with Crippen LogP contribution in [0, 0.1) is 0 Å². The summed E-state index contributed by atoms with van der Waals surface area (Å²) in [5.74, 6) is 0. The van der Waals surface area contributed by atoms with Gasteiger partial charge in [0.15, 0.2) is 0 Å². The van der Waals surface area contributed by atoms with Crippen LogP contribution in [0.2, 0.25) is 0 Å². The second-order valence-electron chi connectivity index (χ2n) is 17.8. The lowest BCUT2D eigenvalue weighted by atomic mass is 9.71. The average Bonchev–Trinajstić information content (AvgIpc) is 3.71. The first-order valence-electron chi connectivity index (χ1n) is 22.7. The summed E-state index contributed by atoms with van der Waals surface area (Å²) in [4.78, 5) is 0. The summed E-state index contributed by atoms with van der Waals surface area (Å²) in [6.45, 7) is 9.35. The van der Waals surface area contributed by atoms with Crippen molar-refractivity contribution in [3.8, 4) is 44.5 Å². The molecule has 296 valence electrons. The quantitative estimate of drug-likeness (QED) is 0.108. The third-order valence-corrected chi connectivity index (χ3v) is 14.1. The van der Waals surface area contributed by atoms with Crippen LogP contribution in [0.1, 0.15) is 112 Å². The van der Waals surface area contributed by atoms with Crippen LogP contribution in [0.4, 0.5) is 0 Å². The maximum absolute atomic E-state index is 2.51. The minimum atomic E-state index is 0.101. The third-order valence-electron chi connectivity index (χ3n) is 14.1. The molecular weight excluding hydrogens is 721 g/mol. The Morgan fingerprint density at radius 1 is 0.317 bits per heavy atom. The summed E-state index contributed by atoms with van der Waals surface area (Å²) in [7, 11) is 0. The van der Waals surface area contributed by atoms with E-state index in [9.17, 15) is 0 Å². The Labute approximate surface area is 357 Å². The van der Waals surface area contributed by atoms with Crippen LogP contribution in [0.25, 0.3) is 78.2 Å². The Bertz CT molecular complexity index is 2720. The highest BCUT2D eigenvalue weighted by Gasteiger charge is 2.43. The second kappa shape index (κ2) is 15.6. The van der Waals surface area contributed by atoms with E-state index in [0.717, 1.165) is 0 Å². The lowest BCUT2D eigenvalue weighted by Crippen LogP contribution is -2.25. The van der Waals surface area contributed by atoms with E-state index in [4.69, 9.17) is 0 Å². The van der Waals surface area contributed by atoms with Crippen molar-refractivity contribution < 1.29 is 0 Å². The van der Waals surface area contributed by atoms with Gasteiger partial charge in [-0.2, -0.15) is 0 Å². The van der Waals surface area contributed by atoms with Crippen molar-refractivity contribution in [2.45, 2.75) is 89.9 Å². The van der Waals surface area contributed by atoms with E-state index in [1.54, 1.807) is 0 Å². The van der Waals surface area contributed by atoms with Crippen LogP contribution in [-0.4, -0.2) is 0 Å². The molecule has 0 aliphatic heterocycles. The Morgan fingerprint density at radius 2 is 0.650 bits per heavy atom. The molecule has 0 radical (unpaired) electrons. The Morgan fingerprint density at radius 3 is 1.07 bits per heavy atom. The number of hydrogen-bond acceptors (Lipinski definition) is 0. The topological polar surface area (TPSA) is 0 Å². The van der Waals surface area contributed by atoms with Gasteiger partial charge >= 0.3 is 0 Å². The first-order valence-corrected chi connectivity index (χ1v) is 22.7. The minimum Gasteiger partial charge on any atom is -0.0653 e. The highest BCUT2D eigenvalue weighted by molar-refractivity contribution is 5.93. The highest BCUT2D eigenvalue weighted by Crippen LogP contribution is 2.56. The molecule has 0 saturated heterocycles. The standard InChI is InChI=1S/C60H56/c1-5-31-59(32-6-2)55-15-11-9-13-51(55)53-29-27-49(39-57(53)59)47-25-23-43-35-41(19-21-45(43)37-47)17-18-42-20-22-46-38-48(26-24-44(46)36-42)50-28-30-54-52-14-10-12-16-56(52)60(33-7-3,34-8-4)58(54)40-50/h9-30,35-40H,5-8,31-34H2,1-4H3. The summed E-state index contributed by atoms with van der Waals surface area (Å²) in [6.07, 6.45) is 14.0. The van der Waals surface area contributed by atoms with Crippen LogP contribution in [0.5, 0.6) is 0 Å². The molecule has 0 atom stereocenters. The summed E-state index contributed by atoms with van der Waals surface area (Å²) in [5, 5.41) is 5.09. The molecule has 0 amide bonds. The van der Waals surface area contributed by atoms with Gasteiger partial charge < -0.3 is 0 Å². The number of fused-ring (bicyclic) bond motifs is 8. The number of benzene rings is 8. The van der Waals surface area contributed by atoms with Crippen molar-refractivity contribution in [1.82, 2.24) is 0 Å². The largest absolute Gasteiger partial charge is 0.0653 e. The normalized spacial score (nSPS) is 14.4. The van der Waals surface area contributed by atoms with E-state index in [0.29, 0.717) is 0 Å². The van der Waals surface area contributed by atoms with Gasteiger partial charge in [0, 0.05) is 10.8 Å². The van der Waals surface area contributed by atoms with Gasteiger partial charge in [0.25, 0.3) is 0 Å². The average molecular weight is 777 g/mol. The Hall–Kier alpha value is -5.98. The van der Waals surface area contributed by atoms with Crippen molar-refractivity contribution in [2.75, 3.05) is 0 Å². The fraction of sp³-hybridized carbons (Fsp3) is 0.233. The fourth-order valence-electron chi connectivity index (χ4n) is 11.6. The molecule has 0 nitrogen and oxygen atoms in total. The predicted octanol–water partition coefficient (Wildman–Crippen LogP) is 17.2. The van der Waals surface area contributed by atoms with Crippen molar-refractivity contribution in [1.29, 1.82) is 0 Å². The second-order valence-corrected chi connectivity index (χ2v) is 17.8. The van der Waals surface area contributed by atoms with E-state index in [1.165, 1.54) is 151 Å². The van der Waals surface area contributed by atoms with Gasteiger partial charge in [0.2, 0.25) is 0 Å². The molecule has 0 saturated carbocycles. The molecule has 10 rings (SSSR count). The zero-order valence-electron chi connectivity index (χ0n) is 35.8. The zero-order chi connectivity index (χ0) is 40.8. The molecule has 2 aliphatic rings. The predicted molar refractivity (Wildman–Crippen MR) is 260 cm³/mol. The third kappa shape index (κ3) is 6.26. The highest BCUT2D eigenvalue weighted by atomic mass is 14.5. The molecule has 8 aromatic carbocycles. The molecular formula is C60H56. The zero-order valence-corrected chi connectivity index (χ0v) is 35.8. The van der Waals surface area contributed by atoms with Crippen molar-refractivity contribution in [3.05, 3.63) is 191 Å². The minimum absolute atomic E-state index is 0.101. The smallest absolute Gasteiger partial charge is 0.0215 e. The maximum Gasteiger partial charge on any atom is 0.0215 e. The monoisotopic (exact) mass is 776 g/mol. The van der Waals surface area contributed by atoms with Crippen molar-refractivity contribution >= 4 is 33.7 Å². The molecule has 0 aromatic heterocycles. The lowest BCUT2D eigenvalue weighted by Gasteiger charge is -2.32. The molecule has 60 heavy (non-hydrogen) atoms. The fourth-order valence-corrected chi connectivity index (χ4v) is 11.6. The first kappa shape index (κ1) is 38.2.